The zero-order valence-corrected chi connectivity index (χ0v) is 19.6. The number of sulfonamides is 1. The van der Waals surface area contributed by atoms with Crippen molar-refractivity contribution >= 4 is 26.5 Å². The van der Waals surface area contributed by atoms with Crippen LogP contribution in [0.15, 0.2) is 109 Å². The molecule has 0 radical (unpaired) electrons. The van der Waals surface area contributed by atoms with E-state index in [1.807, 2.05) is 36.4 Å². The molecule has 0 aliphatic carbocycles. The van der Waals surface area contributed by atoms with Crippen LogP contribution in [-0.2, 0) is 16.6 Å². The quantitative estimate of drug-likeness (QED) is 0.326. The molecule has 8 nitrogen and oxygen atoms in total. The average molecular weight is 485 g/mol. The number of hydrogen-bond acceptors (Lipinski definition) is 7. The van der Waals surface area contributed by atoms with E-state index in [0.717, 1.165) is 33.2 Å². The zero-order chi connectivity index (χ0) is 24.8. The predicted octanol–water partition coefficient (Wildman–Crippen LogP) is 3.47. The van der Waals surface area contributed by atoms with Gasteiger partial charge in [0.25, 0.3) is 0 Å². The molecule has 4 aromatic rings. The van der Waals surface area contributed by atoms with Gasteiger partial charge in [0.1, 0.15) is 10.7 Å². The fraction of sp³-hybridized carbons (Fsp3) is 0.0385. The second-order valence-electron chi connectivity index (χ2n) is 7.63. The highest BCUT2D eigenvalue weighted by Gasteiger charge is 2.19. The van der Waals surface area contributed by atoms with Crippen molar-refractivity contribution in [2.24, 2.45) is 11.5 Å². The highest BCUT2D eigenvalue weighted by atomic mass is 32.2. The third-order valence-electron chi connectivity index (χ3n) is 5.36. The lowest BCUT2D eigenvalue weighted by Crippen LogP contribution is -2.28. The van der Waals surface area contributed by atoms with Gasteiger partial charge in [-0.05, 0) is 76.4 Å². The molecule has 0 atom stereocenters. The van der Waals surface area contributed by atoms with E-state index >= 15 is 0 Å². The van der Waals surface area contributed by atoms with Crippen molar-refractivity contribution in [3.63, 3.8) is 0 Å². The number of rotatable bonds is 8. The molecule has 0 amide bonds. The molecular weight excluding hydrogens is 460 g/mol. The maximum Gasteiger partial charge on any atom is 0.244 e. The average Bonchev–Trinajstić information content (AvgIpc) is 2.88. The number of nitrogens with one attached hydrogen (secondary N) is 1. The molecule has 176 valence electrons. The van der Waals surface area contributed by atoms with Crippen LogP contribution in [-0.4, -0.2) is 23.4 Å². The summed E-state index contributed by atoms with van der Waals surface area (Å²) in [5.41, 5.74) is 16.4. The van der Waals surface area contributed by atoms with Gasteiger partial charge < -0.3 is 11.5 Å². The first-order valence-corrected chi connectivity index (χ1v) is 12.1. The minimum absolute atomic E-state index is 0.0653. The van der Waals surface area contributed by atoms with Crippen LogP contribution >= 0.6 is 0 Å². The van der Waals surface area contributed by atoms with Gasteiger partial charge in [0.15, 0.2) is 0 Å². The molecule has 3 aromatic heterocycles. The van der Waals surface area contributed by atoms with Crippen molar-refractivity contribution in [2.75, 3.05) is 0 Å². The number of fused-ring (bicyclic) bond motifs is 1. The molecule has 4 rings (SSSR count). The number of hydrogen-bond donors (Lipinski definition) is 3. The molecule has 5 N–H and O–H groups in total. The zero-order valence-electron chi connectivity index (χ0n) is 18.8. The Morgan fingerprint density at radius 3 is 2.29 bits per heavy atom. The second kappa shape index (κ2) is 10.3. The normalized spacial score (nSPS) is 11.8. The van der Waals surface area contributed by atoms with Crippen LogP contribution in [0, 0.1) is 0 Å². The van der Waals surface area contributed by atoms with Crippen molar-refractivity contribution in [1.82, 2.24) is 19.7 Å². The highest BCUT2D eigenvalue weighted by Crippen LogP contribution is 2.30. The summed E-state index contributed by atoms with van der Waals surface area (Å²) < 4.78 is 28.6. The smallest absolute Gasteiger partial charge is 0.244 e. The lowest BCUT2D eigenvalue weighted by molar-refractivity contribution is 0.588. The fourth-order valence-electron chi connectivity index (χ4n) is 3.58. The third-order valence-corrected chi connectivity index (χ3v) is 6.82. The van der Waals surface area contributed by atoms with Gasteiger partial charge in [0, 0.05) is 42.9 Å². The highest BCUT2D eigenvalue weighted by molar-refractivity contribution is 7.93. The van der Waals surface area contributed by atoms with E-state index in [0.29, 0.717) is 5.57 Å². The van der Waals surface area contributed by atoms with Crippen LogP contribution < -0.4 is 16.2 Å². The van der Waals surface area contributed by atoms with Gasteiger partial charge in [-0.1, -0.05) is 18.7 Å². The molecule has 0 aliphatic rings. The first-order chi connectivity index (χ1) is 16.9. The van der Waals surface area contributed by atoms with Crippen LogP contribution in [0.4, 0.5) is 0 Å². The molecule has 1 aromatic carbocycles. The Morgan fingerprint density at radius 1 is 0.943 bits per heavy atom. The summed E-state index contributed by atoms with van der Waals surface area (Å²) in [7, 11) is -4.01. The minimum Gasteiger partial charge on any atom is -0.385 e. The minimum atomic E-state index is -4.01. The molecule has 3 heterocycles. The summed E-state index contributed by atoms with van der Waals surface area (Å²) in [5.74, 6) is -0.327. The van der Waals surface area contributed by atoms with Crippen molar-refractivity contribution < 1.29 is 8.42 Å². The van der Waals surface area contributed by atoms with E-state index in [4.69, 9.17) is 11.5 Å². The molecule has 0 fully saturated rings. The van der Waals surface area contributed by atoms with Crippen molar-refractivity contribution in [3.8, 4) is 11.1 Å². The van der Waals surface area contributed by atoms with Gasteiger partial charge in [0.05, 0.1) is 5.52 Å². The van der Waals surface area contributed by atoms with Gasteiger partial charge in [-0.2, -0.15) is 0 Å². The van der Waals surface area contributed by atoms with Crippen LogP contribution in [0.3, 0.4) is 0 Å². The van der Waals surface area contributed by atoms with E-state index < -0.39 is 10.0 Å². The van der Waals surface area contributed by atoms with E-state index in [-0.39, 0.29) is 17.3 Å². The second-order valence-corrected chi connectivity index (χ2v) is 9.37. The van der Waals surface area contributed by atoms with Crippen LogP contribution in [0.25, 0.3) is 27.6 Å². The van der Waals surface area contributed by atoms with Crippen LogP contribution in [0.1, 0.15) is 11.1 Å². The summed E-state index contributed by atoms with van der Waals surface area (Å²) in [5, 5.41) is 0.897. The van der Waals surface area contributed by atoms with Gasteiger partial charge in [-0.15, -0.1) is 0 Å². The molecule has 0 aliphatic heterocycles. The van der Waals surface area contributed by atoms with Gasteiger partial charge in [-0.3, -0.25) is 15.0 Å². The first-order valence-electron chi connectivity index (χ1n) is 10.7. The summed E-state index contributed by atoms with van der Waals surface area (Å²) in [6.07, 6.45) is 11.4. The standard InChI is InChI=1S/C26H24N6O2S/c1-2-19(16-25(26(27)28)35(33,34)32-17-18-5-10-29-11-6-18)21-3-4-24-23(15-21)22(9-14-31-24)20-7-12-30-13-8-20/h2-16,32H,1,17,27-28H2/b19-16+. The van der Waals surface area contributed by atoms with E-state index in [2.05, 4.69) is 26.3 Å². The molecule has 0 bridgehead atoms. The predicted molar refractivity (Wildman–Crippen MR) is 139 cm³/mol. The van der Waals surface area contributed by atoms with Gasteiger partial charge in [0.2, 0.25) is 10.0 Å². The Kier molecular flexibility index (Phi) is 7.00. The number of nitrogens with two attached hydrogens (primary N) is 2. The number of pyridine rings is 3. The summed E-state index contributed by atoms with van der Waals surface area (Å²) in [4.78, 5) is 12.2. The van der Waals surface area contributed by atoms with Crippen molar-refractivity contribution in [1.29, 1.82) is 0 Å². The monoisotopic (exact) mass is 484 g/mol. The number of benzene rings is 1. The molecule has 35 heavy (non-hydrogen) atoms. The maximum absolute atomic E-state index is 13.0. The van der Waals surface area contributed by atoms with E-state index in [9.17, 15) is 8.42 Å². The van der Waals surface area contributed by atoms with Crippen molar-refractivity contribution in [2.45, 2.75) is 6.54 Å². The Labute approximate surface area is 203 Å². The van der Waals surface area contributed by atoms with Gasteiger partial charge >= 0.3 is 0 Å². The molecule has 0 saturated heterocycles. The fourth-order valence-corrected chi connectivity index (χ4v) is 4.69. The molecule has 0 spiro atoms. The number of aromatic nitrogens is 3. The lowest BCUT2D eigenvalue weighted by atomic mass is 9.97. The largest absolute Gasteiger partial charge is 0.385 e. The number of nitrogens with zero attached hydrogens (tertiary/aromatic N) is 3. The van der Waals surface area contributed by atoms with Crippen LogP contribution in [0.2, 0.25) is 0 Å². The Bertz CT molecular complexity index is 1530. The topological polar surface area (TPSA) is 137 Å². The lowest BCUT2D eigenvalue weighted by Gasteiger charge is -2.12. The first kappa shape index (κ1) is 23.8. The van der Waals surface area contributed by atoms with Crippen molar-refractivity contribution in [3.05, 3.63) is 120 Å². The Balaban J connectivity index is 1.74. The summed E-state index contributed by atoms with van der Waals surface area (Å²) >= 11 is 0. The maximum atomic E-state index is 13.0. The van der Waals surface area contributed by atoms with Gasteiger partial charge in [-0.25, -0.2) is 13.1 Å². The summed E-state index contributed by atoms with van der Waals surface area (Å²) in [6.45, 7) is 3.93. The molecular formula is C26H24N6O2S. The molecule has 0 saturated carbocycles. The molecule has 0 unspecified atom stereocenters. The SMILES string of the molecule is C=C/C(=C\C(=C(N)N)S(=O)(=O)NCc1ccncc1)c1ccc2nccc(-c3ccncc3)c2c1. The Hall–Kier alpha value is -4.34. The summed E-state index contributed by atoms with van der Waals surface area (Å²) in [6, 6.07) is 14.9. The van der Waals surface area contributed by atoms with E-state index in [1.165, 1.54) is 6.08 Å². The number of allylic oxidation sites excluding steroid dienone is 3. The molecule has 9 heteroatoms. The van der Waals surface area contributed by atoms with E-state index in [1.54, 1.807) is 49.2 Å². The van der Waals surface area contributed by atoms with Crippen LogP contribution in [0.5, 0.6) is 0 Å². The third kappa shape index (κ3) is 5.43. The Morgan fingerprint density at radius 2 is 1.63 bits per heavy atom.